The van der Waals surface area contributed by atoms with E-state index in [4.69, 9.17) is 21.6 Å². The molecule has 7 heteroatoms. The Bertz CT molecular complexity index is 346. The van der Waals surface area contributed by atoms with E-state index in [9.17, 15) is 13.2 Å². The van der Waals surface area contributed by atoms with Crippen LogP contribution in [-0.4, -0.2) is 17.2 Å². The number of halogens is 4. The first kappa shape index (κ1) is 11.4. The van der Waals surface area contributed by atoms with Crippen LogP contribution in [-0.2, 0) is 0 Å². The van der Waals surface area contributed by atoms with Crippen LogP contribution in [0.1, 0.15) is 12.0 Å². The van der Waals surface area contributed by atoms with Crippen LogP contribution in [0, 0.1) is 5.82 Å². The van der Waals surface area contributed by atoms with Crippen LogP contribution < -0.4 is 5.46 Å². The molecule has 14 heavy (non-hydrogen) atoms. The average Bonchev–Trinajstić information content (AvgIpc) is 2.02. The van der Waals surface area contributed by atoms with Gasteiger partial charge in [0, 0.05) is 5.46 Å². The molecule has 0 aliphatic rings. The average molecular weight is 224 g/mol. The molecule has 0 bridgehead atoms. The van der Waals surface area contributed by atoms with Gasteiger partial charge in [-0.3, -0.25) is 0 Å². The number of hydrogen-bond acceptors (Lipinski definition) is 2. The van der Waals surface area contributed by atoms with Crippen molar-refractivity contribution in [2.45, 2.75) is 6.43 Å². The summed E-state index contributed by atoms with van der Waals surface area (Å²) in [6.07, 6.45) is -3.10. The van der Waals surface area contributed by atoms with Crippen LogP contribution in [0.4, 0.5) is 13.2 Å². The SMILES string of the molecule is OB(O)c1ccc(Cl)c(C(F)F)c1F. The number of benzene rings is 1. The molecule has 0 aliphatic heterocycles. The van der Waals surface area contributed by atoms with E-state index in [-0.39, 0.29) is 0 Å². The minimum atomic E-state index is -3.10. The van der Waals surface area contributed by atoms with Crippen molar-refractivity contribution in [2.24, 2.45) is 0 Å². The molecule has 0 fully saturated rings. The predicted molar refractivity (Wildman–Crippen MR) is 46.2 cm³/mol. The van der Waals surface area contributed by atoms with Crippen molar-refractivity contribution < 1.29 is 23.2 Å². The fourth-order valence-electron chi connectivity index (χ4n) is 0.986. The molecule has 0 amide bonds. The highest BCUT2D eigenvalue weighted by Crippen LogP contribution is 2.28. The Hall–Kier alpha value is -0.715. The van der Waals surface area contributed by atoms with Crippen molar-refractivity contribution in [3.8, 4) is 0 Å². The molecule has 1 rings (SSSR count). The maximum absolute atomic E-state index is 13.2. The van der Waals surface area contributed by atoms with E-state index in [0.717, 1.165) is 12.1 Å². The first-order valence-electron chi connectivity index (χ1n) is 3.57. The zero-order chi connectivity index (χ0) is 10.9. The lowest BCUT2D eigenvalue weighted by molar-refractivity contribution is 0.146. The molecule has 0 atom stereocenters. The Morgan fingerprint density at radius 2 is 1.86 bits per heavy atom. The molecule has 0 spiro atoms. The molecule has 1 aromatic rings. The van der Waals surface area contributed by atoms with Crippen LogP contribution in [0.25, 0.3) is 0 Å². The largest absolute Gasteiger partial charge is 0.491 e. The molecular weight excluding hydrogens is 219 g/mol. The quantitative estimate of drug-likeness (QED) is 0.739. The molecule has 0 radical (unpaired) electrons. The predicted octanol–water partition coefficient (Wildman–Crippen LogP) is 1.10. The van der Waals surface area contributed by atoms with Gasteiger partial charge in [-0.1, -0.05) is 17.7 Å². The van der Waals surface area contributed by atoms with Gasteiger partial charge in [0.1, 0.15) is 5.82 Å². The van der Waals surface area contributed by atoms with E-state index in [2.05, 4.69) is 0 Å². The summed E-state index contributed by atoms with van der Waals surface area (Å²) in [4.78, 5) is 0. The van der Waals surface area contributed by atoms with Crippen molar-refractivity contribution in [3.05, 3.63) is 28.5 Å². The van der Waals surface area contributed by atoms with Gasteiger partial charge in [0.05, 0.1) is 10.6 Å². The summed E-state index contributed by atoms with van der Waals surface area (Å²) in [6.45, 7) is 0. The first-order valence-corrected chi connectivity index (χ1v) is 3.95. The van der Waals surface area contributed by atoms with Gasteiger partial charge in [-0.05, 0) is 6.07 Å². The lowest BCUT2D eigenvalue weighted by atomic mass is 9.79. The Morgan fingerprint density at radius 3 is 2.29 bits per heavy atom. The summed E-state index contributed by atoms with van der Waals surface area (Å²) in [5.41, 5.74) is -1.64. The third-order valence-corrected chi connectivity index (χ3v) is 1.98. The van der Waals surface area contributed by atoms with Crippen molar-refractivity contribution in [2.75, 3.05) is 0 Å². The summed E-state index contributed by atoms with van der Waals surface area (Å²) in [5.74, 6) is -1.39. The standard InChI is InChI=1S/C7H5BClF3O2/c9-4-2-1-3(8(13)14)6(10)5(4)7(11)12/h1-2,7,13-14H. The second kappa shape index (κ2) is 4.21. The van der Waals surface area contributed by atoms with E-state index in [1.165, 1.54) is 0 Å². The molecule has 2 nitrogen and oxygen atoms in total. The molecule has 0 heterocycles. The van der Waals surface area contributed by atoms with Crippen LogP contribution in [0.15, 0.2) is 12.1 Å². The monoisotopic (exact) mass is 224 g/mol. The van der Waals surface area contributed by atoms with Gasteiger partial charge in [0.2, 0.25) is 0 Å². The summed E-state index contributed by atoms with van der Waals surface area (Å²) in [7, 11) is -2.13. The van der Waals surface area contributed by atoms with E-state index < -0.39 is 35.4 Å². The summed E-state index contributed by atoms with van der Waals surface area (Å²) >= 11 is 5.32. The molecule has 76 valence electrons. The minimum absolute atomic E-state index is 0.443. The fraction of sp³-hybridized carbons (Fsp3) is 0.143. The lowest BCUT2D eigenvalue weighted by Gasteiger charge is -2.08. The van der Waals surface area contributed by atoms with Crippen molar-refractivity contribution in [1.29, 1.82) is 0 Å². The smallest absolute Gasteiger partial charge is 0.423 e. The summed E-state index contributed by atoms with van der Waals surface area (Å²) < 4.78 is 37.6. The van der Waals surface area contributed by atoms with Crippen LogP contribution in [0.2, 0.25) is 5.02 Å². The maximum Gasteiger partial charge on any atom is 0.491 e. The van der Waals surface area contributed by atoms with Gasteiger partial charge >= 0.3 is 7.12 Å². The van der Waals surface area contributed by atoms with E-state index in [1.54, 1.807) is 0 Å². The second-order valence-corrected chi connectivity index (χ2v) is 2.95. The number of alkyl halides is 2. The minimum Gasteiger partial charge on any atom is -0.423 e. The van der Waals surface area contributed by atoms with Crippen molar-refractivity contribution in [1.82, 2.24) is 0 Å². The third kappa shape index (κ3) is 2.02. The van der Waals surface area contributed by atoms with Gasteiger partial charge < -0.3 is 10.0 Å². The van der Waals surface area contributed by atoms with Gasteiger partial charge in [0.15, 0.2) is 0 Å². The fourth-order valence-corrected chi connectivity index (χ4v) is 1.21. The van der Waals surface area contributed by atoms with Crippen LogP contribution in [0.3, 0.4) is 0 Å². The summed E-state index contributed by atoms with van der Waals surface area (Å²) in [6, 6.07) is 1.93. The molecule has 0 saturated carbocycles. The Kier molecular flexibility index (Phi) is 3.41. The van der Waals surface area contributed by atoms with Gasteiger partial charge in [-0.2, -0.15) is 0 Å². The van der Waals surface area contributed by atoms with Gasteiger partial charge in [-0.25, -0.2) is 13.2 Å². The number of hydrogen-bond donors (Lipinski definition) is 2. The molecule has 2 N–H and O–H groups in total. The highest BCUT2D eigenvalue weighted by atomic mass is 35.5. The highest BCUT2D eigenvalue weighted by Gasteiger charge is 2.25. The van der Waals surface area contributed by atoms with E-state index in [0.29, 0.717) is 0 Å². The zero-order valence-electron chi connectivity index (χ0n) is 6.72. The topological polar surface area (TPSA) is 40.5 Å². The third-order valence-electron chi connectivity index (χ3n) is 1.65. The Labute approximate surface area is 83.1 Å². The highest BCUT2D eigenvalue weighted by molar-refractivity contribution is 6.58. The number of rotatable bonds is 2. The second-order valence-electron chi connectivity index (χ2n) is 2.54. The van der Waals surface area contributed by atoms with Crippen molar-refractivity contribution >= 4 is 24.2 Å². The molecule has 0 aliphatic carbocycles. The van der Waals surface area contributed by atoms with E-state index in [1.807, 2.05) is 0 Å². The first-order chi connectivity index (χ1) is 6.45. The van der Waals surface area contributed by atoms with Crippen LogP contribution >= 0.6 is 11.6 Å². The molecule has 0 aromatic heterocycles. The Morgan fingerprint density at radius 1 is 1.29 bits per heavy atom. The normalized spacial score (nSPS) is 10.8. The molecule has 0 unspecified atom stereocenters. The lowest BCUT2D eigenvalue weighted by Crippen LogP contribution is -2.33. The van der Waals surface area contributed by atoms with Gasteiger partial charge in [0.25, 0.3) is 6.43 Å². The molecule has 1 aromatic carbocycles. The molecular formula is C7H5BClF3O2. The maximum atomic E-state index is 13.2. The Balaban J connectivity index is 3.34. The zero-order valence-corrected chi connectivity index (χ0v) is 7.47. The van der Waals surface area contributed by atoms with Crippen LogP contribution in [0.5, 0.6) is 0 Å². The van der Waals surface area contributed by atoms with E-state index >= 15 is 0 Å². The molecule has 0 saturated heterocycles. The van der Waals surface area contributed by atoms with Crippen molar-refractivity contribution in [3.63, 3.8) is 0 Å². The van der Waals surface area contributed by atoms with Gasteiger partial charge in [-0.15, -0.1) is 0 Å². The summed E-state index contributed by atoms with van der Waals surface area (Å²) in [5, 5.41) is 16.8.